The summed E-state index contributed by atoms with van der Waals surface area (Å²) in [6, 6.07) is 13.0. The Labute approximate surface area is 173 Å². The van der Waals surface area contributed by atoms with Crippen molar-refractivity contribution in [2.45, 2.75) is 19.8 Å². The zero-order valence-corrected chi connectivity index (χ0v) is 17.7. The van der Waals surface area contributed by atoms with Crippen molar-refractivity contribution in [3.8, 4) is 17.1 Å². The first-order chi connectivity index (χ1) is 13.0. The largest absolute Gasteiger partial charge is 0.494 e. The number of benzene rings is 2. The van der Waals surface area contributed by atoms with E-state index in [1.54, 1.807) is 0 Å². The zero-order chi connectivity index (χ0) is 19.2. The van der Waals surface area contributed by atoms with Crippen molar-refractivity contribution in [3.05, 3.63) is 57.3 Å². The maximum atomic E-state index is 12.2. The van der Waals surface area contributed by atoms with Gasteiger partial charge in [0.05, 0.1) is 12.3 Å². The number of nitrogens with one attached hydrogen (secondary N) is 1. The van der Waals surface area contributed by atoms with Crippen LogP contribution in [0.2, 0.25) is 0 Å². The van der Waals surface area contributed by atoms with E-state index in [-0.39, 0.29) is 12.3 Å². The zero-order valence-electron chi connectivity index (χ0n) is 14.5. The van der Waals surface area contributed by atoms with Gasteiger partial charge in [0, 0.05) is 27.4 Å². The van der Waals surface area contributed by atoms with E-state index in [2.05, 4.69) is 47.3 Å². The van der Waals surface area contributed by atoms with Crippen LogP contribution in [0.5, 0.6) is 5.75 Å². The average molecular weight is 495 g/mol. The van der Waals surface area contributed by atoms with E-state index < -0.39 is 0 Å². The number of carbonyl (C=O) groups is 1. The highest BCUT2D eigenvalue weighted by Gasteiger charge is 2.12. The third-order valence-electron chi connectivity index (χ3n) is 3.66. The molecule has 0 bridgehead atoms. The Morgan fingerprint density at radius 1 is 1.19 bits per heavy atom. The van der Waals surface area contributed by atoms with Crippen LogP contribution < -0.4 is 10.1 Å². The number of anilines is 1. The Kier molecular flexibility index (Phi) is 6.63. The molecule has 0 saturated carbocycles. The molecule has 140 valence electrons. The quantitative estimate of drug-likeness (QED) is 0.486. The predicted octanol–water partition coefficient (Wildman–Crippen LogP) is 5.23. The number of ether oxygens (including phenoxy) is 1. The molecule has 0 fully saturated rings. The van der Waals surface area contributed by atoms with Crippen molar-refractivity contribution in [1.82, 2.24) is 10.1 Å². The van der Waals surface area contributed by atoms with Gasteiger partial charge in [0.15, 0.2) is 0 Å². The molecular formula is C19H17Br2N3O3. The average Bonchev–Trinajstić information content (AvgIpc) is 3.12. The summed E-state index contributed by atoms with van der Waals surface area (Å²) in [6.45, 7) is 2.55. The number of rotatable bonds is 7. The van der Waals surface area contributed by atoms with E-state index >= 15 is 0 Å². The fourth-order valence-electron chi connectivity index (χ4n) is 2.36. The molecular weight excluding hydrogens is 478 g/mol. The number of amides is 1. The van der Waals surface area contributed by atoms with Crippen LogP contribution in [0.1, 0.15) is 19.2 Å². The van der Waals surface area contributed by atoms with Gasteiger partial charge in [-0.05, 0) is 65.3 Å². The normalized spacial score (nSPS) is 10.6. The van der Waals surface area contributed by atoms with E-state index in [0.717, 1.165) is 20.3 Å². The van der Waals surface area contributed by atoms with Crippen LogP contribution in [0.3, 0.4) is 0 Å². The number of hydrogen-bond donors (Lipinski definition) is 1. The van der Waals surface area contributed by atoms with Gasteiger partial charge in [0.25, 0.3) is 0 Å². The smallest absolute Gasteiger partial charge is 0.227 e. The molecule has 0 atom stereocenters. The summed E-state index contributed by atoms with van der Waals surface area (Å²) >= 11 is 6.80. The van der Waals surface area contributed by atoms with Gasteiger partial charge in [0.2, 0.25) is 17.6 Å². The number of carbonyl (C=O) groups excluding carboxylic acids is 1. The highest BCUT2D eigenvalue weighted by molar-refractivity contribution is 9.11. The fourth-order valence-corrected chi connectivity index (χ4v) is 3.51. The Balaban J connectivity index is 1.56. The number of hydrogen-bond acceptors (Lipinski definition) is 5. The molecule has 1 N–H and O–H groups in total. The van der Waals surface area contributed by atoms with Crippen LogP contribution in [-0.2, 0) is 11.2 Å². The van der Waals surface area contributed by atoms with Crippen LogP contribution >= 0.6 is 31.9 Å². The summed E-state index contributed by atoms with van der Waals surface area (Å²) < 4.78 is 12.4. The first-order valence-electron chi connectivity index (χ1n) is 8.36. The molecule has 2 aromatic carbocycles. The van der Waals surface area contributed by atoms with Crippen LogP contribution in [0.4, 0.5) is 5.69 Å². The molecule has 1 aromatic heterocycles. The number of aryl methyl sites for hydroxylation is 1. The lowest BCUT2D eigenvalue weighted by molar-refractivity contribution is -0.116. The summed E-state index contributed by atoms with van der Waals surface area (Å²) in [7, 11) is 0. The third kappa shape index (κ3) is 5.40. The maximum Gasteiger partial charge on any atom is 0.227 e. The molecule has 3 rings (SSSR count). The van der Waals surface area contributed by atoms with E-state index in [1.807, 2.05) is 49.4 Å². The Morgan fingerprint density at radius 2 is 1.96 bits per heavy atom. The van der Waals surface area contributed by atoms with Crippen molar-refractivity contribution >= 4 is 43.5 Å². The minimum atomic E-state index is -0.126. The number of nitrogens with zero attached hydrogens (tertiary/aromatic N) is 2. The van der Waals surface area contributed by atoms with Gasteiger partial charge in [-0.1, -0.05) is 21.1 Å². The third-order valence-corrected chi connectivity index (χ3v) is 4.81. The number of aromatic nitrogens is 2. The molecule has 0 spiro atoms. The maximum absolute atomic E-state index is 12.2. The molecule has 1 amide bonds. The topological polar surface area (TPSA) is 77.2 Å². The molecule has 0 saturated heterocycles. The molecule has 27 heavy (non-hydrogen) atoms. The molecule has 1 heterocycles. The fraction of sp³-hybridized carbons (Fsp3) is 0.211. The van der Waals surface area contributed by atoms with E-state index in [0.29, 0.717) is 30.4 Å². The van der Waals surface area contributed by atoms with E-state index in [9.17, 15) is 4.79 Å². The highest BCUT2D eigenvalue weighted by Crippen LogP contribution is 2.26. The lowest BCUT2D eigenvalue weighted by atomic mass is 10.2. The molecule has 0 aliphatic rings. The van der Waals surface area contributed by atoms with Crippen molar-refractivity contribution in [1.29, 1.82) is 0 Å². The summed E-state index contributed by atoms with van der Waals surface area (Å²) in [4.78, 5) is 16.5. The van der Waals surface area contributed by atoms with E-state index in [4.69, 9.17) is 9.26 Å². The van der Waals surface area contributed by atoms with Crippen molar-refractivity contribution in [2.75, 3.05) is 11.9 Å². The van der Waals surface area contributed by atoms with Crippen LogP contribution in [0.15, 0.2) is 55.9 Å². The second-order valence-corrected chi connectivity index (χ2v) is 7.41. The summed E-state index contributed by atoms with van der Waals surface area (Å²) in [5.74, 6) is 1.58. The summed E-state index contributed by atoms with van der Waals surface area (Å²) in [5.41, 5.74) is 1.54. The Morgan fingerprint density at radius 3 is 2.67 bits per heavy atom. The lowest BCUT2D eigenvalue weighted by Gasteiger charge is -2.06. The lowest BCUT2D eigenvalue weighted by Crippen LogP contribution is -2.12. The first kappa shape index (κ1) is 19.6. The highest BCUT2D eigenvalue weighted by atomic mass is 79.9. The molecule has 0 radical (unpaired) electrons. The monoisotopic (exact) mass is 493 g/mol. The van der Waals surface area contributed by atoms with Crippen molar-refractivity contribution in [3.63, 3.8) is 0 Å². The number of halogens is 2. The minimum absolute atomic E-state index is 0.126. The molecule has 8 heteroatoms. The molecule has 3 aromatic rings. The molecule has 0 aliphatic carbocycles. The van der Waals surface area contributed by atoms with E-state index in [1.165, 1.54) is 0 Å². The molecule has 0 aliphatic heterocycles. The minimum Gasteiger partial charge on any atom is -0.494 e. The second kappa shape index (κ2) is 9.14. The molecule has 6 nitrogen and oxygen atoms in total. The second-order valence-electron chi connectivity index (χ2n) is 5.64. The van der Waals surface area contributed by atoms with Gasteiger partial charge in [0.1, 0.15) is 5.75 Å². The molecule has 0 unspecified atom stereocenters. The first-order valence-corrected chi connectivity index (χ1v) is 9.94. The predicted molar refractivity (Wildman–Crippen MR) is 110 cm³/mol. The standard InChI is InChI=1S/C19H17Br2N3O3/c1-2-26-14-6-3-12(4-7-14)19-23-18(27-24-19)10-9-17(25)22-16-8-5-13(20)11-15(16)21/h3-8,11H,2,9-10H2,1H3,(H,22,25). The SMILES string of the molecule is CCOc1ccc(-c2noc(CCC(=O)Nc3ccc(Br)cc3Br)n2)cc1. The van der Waals surface area contributed by atoms with Crippen molar-refractivity contribution in [2.24, 2.45) is 0 Å². The van der Waals surface area contributed by atoms with Gasteiger partial charge < -0.3 is 14.6 Å². The van der Waals surface area contributed by atoms with Crippen LogP contribution in [0.25, 0.3) is 11.4 Å². The summed E-state index contributed by atoms with van der Waals surface area (Å²) in [6.07, 6.45) is 0.609. The van der Waals surface area contributed by atoms with Gasteiger partial charge >= 0.3 is 0 Å². The van der Waals surface area contributed by atoms with Crippen molar-refractivity contribution < 1.29 is 14.1 Å². The van der Waals surface area contributed by atoms with Gasteiger partial charge in [-0.3, -0.25) is 4.79 Å². The van der Waals surface area contributed by atoms with Gasteiger partial charge in [-0.25, -0.2) is 0 Å². The Hall–Kier alpha value is -2.19. The van der Waals surface area contributed by atoms with Crippen LogP contribution in [0, 0.1) is 0 Å². The van der Waals surface area contributed by atoms with Gasteiger partial charge in [-0.15, -0.1) is 0 Å². The Bertz CT molecular complexity index is 926. The summed E-state index contributed by atoms with van der Waals surface area (Å²) in [5, 5.41) is 6.83. The van der Waals surface area contributed by atoms with Crippen LogP contribution in [-0.4, -0.2) is 22.7 Å². The van der Waals surface area contributed by atoms with Gasteiger partial charge in [-0.2, -0.15) is 4.98 Å².